The minimum Gasteiger partial charge on any atom is -0.364 e. The smallest absolute Gasteiger partial charge is 0.259 e. The maximum absolute atomic E-state index is 13.0. The fourth-order valence-corrected chi connectivity index (χ4v) is 4.55. The van der Waals surface area contributed by atoms with Gasteiger partial charge in [0.15, 0.2) is 0 Å². The summed E-state index contributed by atoms with van der Waals surface area (Å²) in [4.78, 5) is 28.3. The molecule has 1 aliphatic rings. The molecule has 0 aliphatic carbocycles. The van der Waals surface area contributed by atoms with Crippen LogP contribution in [0.5, 0.6) is 0 Å². The van der Waals surface area contributed by atoms with E-state index in [0.29, 0.717) is 29.8 Å². The molecule has 1 saturated heterocycles. The van der Waals surface area contributed by atoms with Gasteiger partial charge in [0.25, 0.3) is 5.91 Å². The van der Waals surface area contributed by atoms with Gasteiger partial charge in [-0.15, -0.1) is 0 Å². The van der Waals surface area contributed by atoms with Crippen LogP contribution in [0.25, 0.3) is 0 Å². The summed E-state index contributed by atoms with van der Waals surface area (Å²) in [6.07, 6.45) is 7.14. The van der Waals surface area contributed by atoms with Crippen molar-refractivity contribution in [2.75, 3.05) is 43.1 Å². The maximum Gasteiger partial charge on any atom is 0.259 e. The Kier molecular flexibility index (Phi) is 8.26. The van der Waals surface area contributed by atoms with Crippen LogP contribution >= 0.6 is 0 Å². The molecule has 8 nitrogen and oxygen atoms in total. The number of pyridine rings is 1. The van der Waals surface area contributed by atoms with Crippen LogP contribution in [0.1, 0.15) is 53.7 Å². The highest BCUT2D eigenvalue weighted by Crippen LogP contribution is 2.30. The van der Waals surface area contributed by atoms with E-state index in [-0.39, 0.29) is 5.91 Å². The summed E-state index contributed by atoms with van der Waals surface area (Å²) < 4.78 is 0. The molecular weight excluding hydrogens is 438 g/mol. The number of amides is 1. The van der Waals surface area contributed by atoms with Crippen molar-refractivity contribution in [3.8, 4) is 0 Å². The van der Waals surface area contributed by atoms with Crippen molar-refractivity contribution < 1.29 is 4.79 Å². The van der Waals surface area contributed by atoms with E-state index in [4.69, 9.17) is 0 Å². The fraction of sp³-hybridized carbons (Fsp3) is 0.407. The molecule has 3 aromatic rings. The van der Waals surface area contributed by atoms with E-state index in [0.717, 1.165) is 17.3 Å². The van der Waals surface area contributed by atoms with Crippen molar-refractivity contribution in [2.45, 2.75) is 38.6 Å². The summed E-state index contributed by atoms with van der Waals surface area (Å²) >= 11 is 0. The molecule has 1 fully saturated rings. The molecule has 2 aromatic heterocycles. The van der Waals surface area contributed by atoms with Crippen LogP contribution in [-0.4, -0.2) is 52.9 Å². The first-order chi connectivity index (χ1) is 17.0. The number of anilines is 3. The van der Waals surface area contributed by atoms with Crippen LogP contribution in [-0.2, 0) is 6.54 Å². The highest BCUT2D eigenvalue weighted by molar-refractivity contribution is 6.07. The van der Waals surface area contributed by atoms with Gasteiger partial charge in [0.05, 0.1) is 17.8 Å². The van der Waals surface area contributed by atoms with Gasteiger partial charge < -0.3 is 20.9 Å². The van der Waals surface area contributed by atoms with Gasteiger partial charge in [-0.3, -0.25) is 4.79 Å². The predicted octanol–water partition coefficient (Wildman–Crippen LogP) is 4.61. The normalized spacial score (nSPS) is 15.4. The molecule has 3 heterocycles. The maximum atomic E-state index is 13.0. The third kappa shape index (κ3) is 6.76. The summed E-state index contributed by atoms with van der Waals surface area (Å²) in [7, 11) is 3.98. The van der Waals surface area contributed by atoms with Crippen LogP contribution in [0.4, 0.5) is 17.5 Å². The van der Waals surface area contributed by atoms with E-state index >= 15 is 0 Å². The number of nitrogens with zero attached hydrogens (tertiary/aromatic N) is 4. The molecule has 0 radical (unpaired) electrons. The SMILES string of the molecule is CNc1nccc(CNc2ncccc2C(=O)Nc2ccc(C(C)CC3CCN(C)CC3)cc2)n1. The number of nitrogens with one attached hydrogen (secondary N) is 3. The Morgan fingerprint density at radius 2 is 1.86 bits per heavy atom. The number of aromatic nitrogens is 3. The molecule has 184 valence electrons. The lowest BCUT2D eigenvalue weighted by Crippen LogP contribution is -2.30. The lowest BCUT2D eigenvalue weighted by molar-refractivity contribution is 0.102. The number of hydrogen-bond donors (Lipinski definition) is 3. The van der Waals surface area contributed by atoms with Crippen LogP contribution in [0, 0.1) is 5.92 Å². The summed E-state index contributed by atoms with van der Waals surface area (Å²) in [6, 6.07) is 13.6. The molecule has 0 spiro atoms. The van der Waals surface area contributed by atoms with Gasteiger partial charge in [-0.05, 0) is 87.1 Å². The Bertz CT molecular complexity index is 1110. The standard InChI is InChI=1S/C27H35N7O/c1-19(17-20-11-15-34(3)16-12-20)21-6-8-22(9-7-21)32-26(35)24-5-4-13-29-25(24)31-18-23-10-14-30-27(28-2)33-23/h4-10,13-14,19-20H,11-12,15-18H2,1-3H3,(H,29,31)(H,32,35)(H,28,30,33). The molecule has 35 heavy (non-hydrogen) atoms. The molecule has 1 unspecified atom stereocenters. The number of rotatable bonds is 9. The number of carbonyl (C=O) groups is 1. The number of hydrogen-bond acceptors (Lipinski definition) is 7. The Balaban J connectivity index is 1.35. The van der Waals surface area contributed by atoms with Gasteiger partial charge >= 0.3 is 0 Å². The summed E-state index contributed by atoms with van der Waals surface area (Å²) in [5.74, 6) is 2.16. The fourth-order valence-electron chi connectivity index (χ4n) is 4.55. The molecular formula is C27H35N7O. The zero-order chi connectivity index (χ0) is 24.6. The van der Waals surface area contributed by atoms with E-state index in [1.807, 2.05) is 18.2 Å². The van der Waals surface area contributed by atoms with Gasteiger partial charge in [0, 0.05) is 25.1 Å². The summed E-state index contributed by atoms with van der Waals surface area (Å²) in [5, 5.41) is 9.15. The highest BCUT2D eigenvalue weighted by Gasteiger charge is 2.20. The topological polar surface area (TPSA) is 95.1 Å². The molecule has 3 N–H and O–H groups in total. The number of piperidine rings is 1. The highest BCUT2D eigenvalue weighted by atomic mass is 16.1. The van der Waals surface area contributed by atoms with Crippen LogP contribution < -0.4 is 16.0 Å². The van der Waals surface area contributed by atoms with E-state index < -0.39 is 0 Å². The molecule has 4 rings (SSSR count). The summed E-state index contributed by atoms with van der Waals surface area (Å²) in [6.45, 7) is 5.13. The van der Waals surface area contributed by atoms with Gasteiger partial charge in [0.2, 0.25) is 5.95 Å². The van der Waals surface area contributed by atoms with Crippen LogP contribution in [0.3, 0.4) is 0 Å². The number of carbonyl (C=O) groups excluding carboxylic acids is 1. The van der Waals surface area contributed by atoms with E-state index in [1.54, 1.807) is 31.6 Å². The van der Waals surface area contributed by atoms with Crippen molar-refractivity contribution in [1.82, 2.24) is 19.9 Å². The first kappa shape index (κ1) is 24.6. The minimum absolute atomic E-state index is 0.202. The zero-order valence-electron chi connectivity index (χ0n) is 20.8. The molecule has 1 aliphatic heterocycles. The zero-order valence-corrected chi connectivity index (χ0v) is 20.8. The molecule has 0 saturated carbocycles. The average Bonchev–Trinajstić information content (AvgIpc) is 2.89. The van der Waals surface area contributed by atoms with Gasteiger partial charge in [-0.2, -0.15) is 0 Å². The van der Waals surface area contributed by atoms with Crippen molar-refractivity contribution in [2.24, 2.45) is 5.92 Å². The molecule has 1 aromatic carbocycles. The Hall–Kier alpha value is -3.52. The van der Waals surface area contributed by atoms with E-state index in [1.165, 1.54) is 37.9 Å². The van der Waals surface area contributed by atoms with Crippen molar-refractivity contribution in [1.29, 1.82) is 0 Å². The van der Waals surface area contributed by atoms with E-state index in [9.17, 15) is 4.79 Å². The largest absolute Gasteiger partial charge is 0.364 e. The molecule has 1 amide bonds. The lowest BCUT2D eigenvalue weighted by Gasteiger charge is -2.30. The first-order valence-corrected chi connectivity index (χ1v) is 12.3. The Morgan fingerprint density at radius 3 is 2.60 bits per heavy atom. The second-order valence-electron chi connectivity index (χ2n) is 9.33. The summed E-state index contributed by atoms with van der Waals surface area (Å²) in [5.41, 5.74) is 3.37. The molecule has 1 atom stereocenters. The van der Waals surface area contributed by atoms with Gasteiger partial charge in [-0.1, -0.05) is 19.1 Å². The Morgan fingerprint density at radius 1 is 1.09 bits per heavy atom. The third-order valence-corrected chi connectivity index (χ3v) is 6.69. The minimum atomic E-state index is -0.202. The monoisotopic (exact) mass is 473 g/mol. The Labute approximate surface area is 207 Å². The first-order valence-electron chi connectivity index (χ1n) is 12.3. The van der Waals surface area contributed by atoms with Crippen LogP contribution in [0.2, 0.25) is 0 Å². The van der Waals surface area contributed by atoms with Crippen molar-refractivity contribution >= 4 is 23.4 Å². The lowest BCUT2D eigenvalue weighted by atomic mass is 9.85. The predicted molar refractivity (Wildman–Crippen MR) is 141 cm³/mol. The third-order valence-electron chi connectivity index (χ3n) is 6.69. The quantitative estimate of drug-likeness (QED) is 0.418. The number of benzene rings is 1. The van der Waals surface area contributed by atoms with Crippen molar-refractivity contribution in [3.63, 3.8) is 0 Å². The van der Waals surface area contributed by atoms with Crippen LogP contribution in [0.15, 0.2) is 54.9 Å². The van der Waals surface area contributed by atoms with Gasteiger partial charge in [0.1, 0.15) is 5.82 Å². The van der Waals surface area contributed by atoms with Gasteiger partial charge in [-0.25, -0.2) is 15.0 Å². The van der Waals surface area contributed by atoms with E-state index in [2.05, 4.69) is 61.9 Å². The molecule has 0 bridgehead atoms. The second-order valence-corrected chi connectivity index (χ2v) is 9.33. The van der Waals surface area contributed by atoms with Crippen molar-refractivity contribution in [3.05, 3.63) is 71.7 Å². The second kappa shape index (κ2) is 11.8. The molecule has 8 heteroatoms. The number of likely N-dealkylation sites (tertiary alicyclic amines) is 1. The average molecular weight is 474 g/mol.